The molecule has 0 radical (unpaired) electrons. The zero-order chi connectivity index (χ0) is 13.1. The Morgan fingerprint density at radius 3 is 3.00 bits per heavy atom. The van der Waals surface area contributed by atoms with Crippen LogP contribution in [0.2, 0.25) is 5.02 Å². The Balaban J connectivity index is 2.20. The zero-order valence-corrected chi connectivity index (χ0v) is 12.4. The number of rotatable bonds is 4. The summed E-state index contributed by atoms with van der Waals surface area (Å²) < 4.78 is 19.3. The number of halogens is 3. The van der Waals surface area contributed by atoms with E-state index in [9.17, 15) is 4.39 Å². The number of ether oxygens (including phenoxy) is 1. The predicted molar refractivity (Wildman–Crippen MR) is 71.9 cm³/mol. The number of hydrogen-bond donors (Lipinski definition) is 1. The van der Waals surface area contributed by atoms with Crippen LogP contribution in [0.1, 0.15) is 5.01 Å². The molecule has 1 heterocycles. The van der Waals surface area contributed by atoms with Crippen LogP contribution in [0.15, 0.2) is 16.6 Å². The fraction of sp³-hybridized carbons (Fsp3) is 0.200. The molecule has 0 spiro atoms. The largest absolute Gasteiger partial charge is 0.428 e. The molecule has 0 aliphatic rings. The highest BCUT2D eigenvalue weighted by Crippen LogP contribution is 2.34. The van der Waals surface area contributed by atoms with Crippen molar-refractivity contribution >= 4 is 38.9 Å². The molecule has 0 aliphatic heterocycles. The Kier molecular flexibility index (Phi) is 4.50. The van der Waals surface area contributed by atoms with Gasteiger partial charge in [0, 0.05) is 12.6 Å². The summed E-state index contributed by atoms with van der Waals surface area (Å²) in [4.78, 5) is 0. The molecule has 1 N–H and O–H groups in total. The van der Waals surface area contributed by atoms with E-state index in [1.807, 2.05) is 7.05 Å². The van der Waals surface area contributed by atoms with Gasteiger partial charge in [-0.1, -0.05) is 28.0 Å². The van der Waals surface area contributed by atoms with Crippen LogP contribution in [0.4, 0.5) is 4.39 Å². The van der Waals surface area contributed by atoms with Crippen LogP contribution in [0, 0.1) is 5.82 Å². The van der Waals surface area contributed by atoms with E-state index in [2.05, 4.69) is 31.4 Å². The molecule has 0 unspecified atom stereocenters. The minimum absolute atomic E-state index is 0.0300. The van der Waals surface area contributed by atoms with Gasteiger partial charge in [0.25, 0.3) is 5.19 Å². The van der Waals surface area contributed by atoms with Crippen molar-refractivity contribution in [3.8, 4) is 10.9 Å². The van der Waals surface area contributed by atoms with Crippen LogP contribution in [0.5, 0.6) is 10.9 Å². The van der Waals surface area contributed by atoms with Gasteiger partial charge in [-0.15, -0.1) is 5.10 Å². The molecule has 0 amide bonds. The van der Waals surface area contributed by atoms with Crippen LogP contribution < -0.4 is 10.1 Å². The van der Waals surface area contributed by atoms with E-state index >= 15 is 0 Å². The minimum atomic E-state index is -0.546. The highest BCUT2D eigenvalue weighted by Gasteiger charge is 2.11. The molecule has 0 fully saturated rings. The third kappa shape index (κ3) is 3.17. The van der Waals surface area contributed by atoms with Crippen molar-refractivity contribution in [1.29, 1.82) is 0 Å². The lowest BCUT2D eigenvalue weighted by molar-refractivity contribution is 0.465. The second kappa shape index (κ2) is 5.92. The number of aromatic nitrogens is 2. The maximum Gasteiger partial charge on any atom is 0.299 e. The summed E-state index contributed by atoms with van der Waals surface area (Å²) in [5.41, 5.74) is 0. The van der Waals surface area contributed by atoms with E-state index in [-0.39, 0.29) is 5.02 Å². The van der Waals surface area contributed by atoms with Gasteiger partial charge < -0.3 is 10.1 Å². The van der Waals surface area contributed by atoms with E-state index in [1.165, 1.54) is 23.5 Å². The Labute approximate surface area is 120 Å². The standard InChI is InChI=1S/C10H8BrClFN3OS/c1-14-4-9-15-16-10(18-9)17-8-3-7(13)6(12)2-5(8)11/h2-3,14H,4H2,1H3. The molecule has 1 aromatic heterocycles. The third-order valence-corrected chi connectivity index (χ3v) is 3.66. The van der Waals surface area contributed by atoms with Gasteiger partial charge in [-0.05, 0) is 29.0 Å². The third-order valence-electron chi connectivity index (χ3n) is 1.95. The number of nitrogens with zero attached hydrogens (tertiary/aromatic N) is 2. The maximum atomic E-state index is 13.3. The highest BCUT2D eigenvalue weighted by molar-refractivity contribution is 9.10. The SMILES string of the molecule is CNCc1nnc(Oc2cc(F)c(Cl)cc2Br)s1. The van der Waals surface area contributed by atoms with Crippen LogP contribution in [-0.2, 0) is 6.54 Å². The van der Waals surface area contributed by atoms with Gasteiger partial charge in [0.2, 0.25) is 0 Å². The van der Waals surface area contributed by atoms with Gasteiger partial charge in [0.05, 0.1) is 9.50 Å². The van der Waals surface area contributed by atoms with Gasteiger partial charge in [0.15, 0.2) is 0 Å². The van der Waals surface area contributed by atoms with Gasteiger partial charge in [-0.2, -0.15) is 0 Å². The lowest BCUT2D eigenvalue weighted by Gasteiger charge is -2.04. The Hall–Kier alpha value is -0.760. The molecular formula is C10H8BrClFN3OS. The predicted octanol–water partition coefficient (Wildman–Crippen LogP) is 3.60. The lowest BCUT2D eigenvalue weighted by Crippen LogP contribution is -2.04. The number of hydrogen-bond acceptors (Lipinski definition) is 5. The average molecular weight is 353 g/mol. The first-order chi connectivity index (χ1) is 8.60. The van der Waals surface area contributed by atoms with Gasteiger partial charge in [0.1, 0.15) is 16.6 Å². The van der Waals surface area contributed by atoms with Gasteiger partial charge >= 0.3 is 0 Å². The summed E-state index contributed by atoms with van der Waals surface area (Å²) in [6, 6.07) is 2.63. The monoisotopic (exact) mass is 351 g/mol. The summed E-state index contributed by atoms with van der Waals surface area (Å²) in [5, 5.41) is 11.9. The second-order valence-electron chi connectivity index (χ2n) is 3.29. The fourth-order valence-electron chi connectivity index (χ4n) is 1.18. The van der Waals surface area contributed by atoms with E-state index in [0.29, 0.717) is 22.0 Å². The van der Waals surface area contributed by atoms with Gasteiger partial charge in [-0.25, -0.2) is 4.39 Å². The molecule has 0 saturated heterocycles. The summed E-state index contributed by atoms with van der Waals surface area (Å²) in [6.45, 7) is 0.608. The topological polar surface area (TPSA) is 47.0 Å². The molecule has 0 aliphatic carbocycles. The Bertz CT molecular complexity index is 566. The van der Waals surface area contributed by atoms with E-state index in [0.717, 1.165) is 5.01 Å². The highest BCUT2D eigenvalue weighted by atomic mass is 79.9. The van der Waals surface area contributed by atoms with Crippen molar-refractivity contribution in [2.75, 3.05) is 7.05 Å². The molecule has 2 aromatic rings. The normalized spacial score (nSPS) is 10.7. The van der Waals surface area contributed by atoms with Crippen LogP contribution in [-0.4, -0.2) is 17.2 Å². The molecule has 0 saturated carbocycles. The van der Waals surface area contributed by atoms with Crippen LogP contribution >= 0.6 is 38.9 Å². The van der Waals surface area contributed by atoms with E-state index in [1.54, 1.807) is 0 Å². The van der Waals surface area contributed by atoms with E-state index < -0.39 is 5.82 Å². The first-order valence-electron chi connectivity index (χ1n) is 4.89. The summed E-state index contributed by atoms with van der Waals surface area (Å²) >= 11 is 10.2. The molecule has 18 heavy (non-hydrogen) atoms. The lowest BCUT2D eigenvalue weighted by atomic mass is 10.3. The van der Waals surface area contributed by atoms with Crippen LogP contribution in [0.3, 0.4) is 0 Å². The molecule has 1 aromatic carbocycles. The van der Waals surface area contributed by atoms with Crippen molar-refractivity contribution in [1.82, 2.24) is 15.5 Å². The molecule has 4 nitrogen and oxygen atoms in total. The maximum absolute atomic E-state index is 13.3. The fourth-order valence-corrected chi connectivity index (χ4v) is 2.61. The molecule has 8 heteroatoms. The van der Waals surface area contributed by atoms with E-state index in [4.69, 9.17) is 16.3 Å². The quantitative estimate of drug-likeness (QED) is 0.854. The van der Waals surface area contributed by atoms with Crippen molar-refractivity contribution < 1.29 is 9.13 Å². The molecular weight excluding hydrogens is 345 g/mol. The van der Waals surface area contributed by atoms with Crippen molar-refractivity contribution in [3.05, 3.63) is 32.5 Å². The average Bonchev–Trinajstić information content (AvgIpc) is 2.74. The molecule has 0 bridgehead atoms. The molecule has 2 rings (SSSR count). The van der Waals surface area contributed by atoms with Crippen molar-refractivity contribution in [3.63, 3.8) is 0 Å². The zero-order valence-electron chi connectivity index (χ0n) is 9.21. The Morgan fingerprint density at radius 1 is 1.50 bits per heavy atom. The van der Waals surface area contributed by atoms with Gasteiger partial charge in [-0.3, -0.25) is 0 Å². The Morgan fingerprint density at radius 2 is 2.28 bits per heavy atom. The smallest absolute Gasteiger partial charge is 0.299 e. The summed E-state index contributed by atoms with van der Waals surface area (Å²) in [7, 11) is 1.81. The summed E-state index contributed by atoms with van der Waals surface area (Å²) in [5.74, 6) is -0.237. The summed E-state index contributed by atoms with van der Waals surface area (Å²) in [6.07, 6.45) is 0. The first kappa shape index (κ1) is 13.7. The number of benzene rings is 1. The number of nitrogens with one attached hydrogen (secondary N) is 1. The first-order valence-corrected chi connectivity index (χ1v) is 6.88. The minimum Gasteiger partial charge on any atom is -0.428 e. The van der Waals surface area contributed by atoms with Crippen LogP contribution in [0.25, 0.3) is 0 Å². The second-order valence-corrected chi connectivity index (χ2v) is 5.58. The molecule has 0 atom stereocenters. The van der Waals surface area contributed by atoms with Crippen molar-refractivity contribution in [2.45, 2.75) is 6.54 Å². The molecule has 96 valence electrons. The van der Waals surface area contributed by atoms with Crippen molar-refractivity contribution in [2.24, 2.45) is 0 Å².